The number of thiazole rings is 1. The highest BCUT2D eigenvalue weighted by Crippen LogP contribution is 2.26. The first kappa shape index (κ1) is 19.2. The predicted octanol–water partition coefficient (Wildman–Crippen LogP) is 1.86. The second kappa shape index (κ2) is 7.72. The van der Waals surface area contributed by atoms with Crippen molar-refractivity contribution in [3.8, 4) is 5.13 Å². The van der Waals surface area contributed by atoms with E-state index in [-0.39, 0.29) is 29.0 Å². The zero-order valence-corrected chi connectivity index (χ0v) is 16.4. The fourth-order valence-electron chi connectivity index (χ4n) is 3.19. The van der Waals surface area contributed by atoms with Gasteiger partial charge in [-0.25, -0.2) is 19.2 Å². The van der Waals surface area contributed by atoms with Crippen LogP contribution in [0.15, 0.2) is 40.3 Å². The Bertz CT molecular complexity index is 1170. The van der Waals surface area contributed by atoms with Crippen molar-refractivity contribution in [2.75, 3.05) is 31.1 Å². The third-order valence-corrected chi connectivity index (χ3v) is 5.36. The Balaban J connectivity index is 1.94. The monoisotopic (exact) mass is 415 g/mol. The summed E-state index contributed by atoms with van der Waals surface area (Å²) in [6.45, 7) is 3.09. The quantitative estimate of drug-likeness (QED) is 0.501. The van der Waals surface area contributed by atoms with Crippen LogP contribution in [0.3, 0.4) is 0 Å². The van der Waals surface area contributed by atoms with Gasteiger partial charge in [0.1, 0.15) is 5.56 Å². The van der Waals surface area contributed by atoms with Crippen LogP contribution in [0.25, 0.3) is 16.2 Å². The number of aromatic nitrogens is 3. The van der Waals surface area contributed by atoms with Crippen molar-refractivity contribution in [2.24, 2.45) is 5.73 Å². The number of hydrogen-bond acceptors (Lipinski definition) is 8. The van der Waals surface area contributed by atoms with E-state index < -0.39 is 17.2 Å². The lowest BCUT2D eigenvalue weighted by atomic mass is 10.2. The molecule has 0 aromatic carbocycles. The number of pyridine rings is 2. The fraction of sp³-hybridized carbons (Fsp3) is 0.263. The van der Waals surface area contributed by atoms with Crippen molar-refractivity contribution in [1.82, 2.24) is 14.5 Å². The van der Waals surface area contributed by atoms with Gasteiger partial charge < -0.3 is 15.4 Å². The third-order valence-electron chi connectivity index (χ3n) is 4.59. The van der Waals surface area contributed by atoms with Crippen LogP contribution in [-0.4, -0.2) is 46.7 Å². The van der Waals surface area contributed by atoms with Crippen molar-refractivity contribution in [3.63, 3.8) is 0 Å². The predicted molar refractivity (Wildman–Crippen MR) is 108 cm³/mol. The number of rotatable bonds is 5. The molecule has 1 aliphatic heterocycles. The Morgan fingerprint density at radius 2 is 2.28 bits per heavy atom. The number of ether oxygens (including phenoxy) is 1. The lowest BCUT2D eigenvalue weighted by Gasteiger charge is -2.19. The Morgan fingerprint density at radius 1 is 1.45 bits per heavy atom. The minimum absolute atomic E-state index is 0.0155. The number of anilines is 1. The number of halogens is 1. The maximum atomic E-state index is 14.9. The number of hydrogen-bond donors (Lipinski definition) is 1. The molecule has 3 aromatic rings. The fourth-order valence-corrected chi connectivity index (χ4v) is 3.81. The molecule has 0 unspecified atom stereocenters. The molecule has 8 nitrogen and oxygen atoms in total. The van der Waals surface area contributed by atoms with Gasteiger partial charge in [-0.15, -0.1) is 11.3 Å². The van der Waals surface area contributed by atoms with Crippen LogP contribution in [0.2, 0.25) is 0 Å². The summed E-state index contributed by atoms with van der Waals surface area (Å²) < 4.78 is 21.4. The number of carbonyl (C=O) groups is 1. The molecule has 0 radical (unpaired) electrons. The van der Waals surface area contributed by atoms with Gasteiger partial charge in [-0.3, -0.25) is 9.36 Å². The zero-order valence-electron chi connectivity index (χ0n) is 15.6. The lowest BCUT2D eigenvalue weighted by molar-refractivity contribution is 0.0524. The summed E-state index contributed by atoms with van der Waals surface area (Å²) in [6.07, 6.45) is 4.88. The number of nitrogens with zero attached hydrogens (tertiary/aromatic N) is 4. The molecule has 0 fully saturated rings. The van der Waals surface area contributed by atoms with Crippen LogP contribution >= 0.6 is 11.3 Å². The largest absolute Gasteiger partial charge is 0.462 e. The van der Waals surface area contributed by atoms with Crippen LogP contribution in [0, 0.1) is 5.82 Å². The van der Waals surface area contributed by atoms with Gasteiger partial charge in [-0.1, -0.05) is 6.08 Å². The molecule has 29 heavy (non-hydrogen) atoms. The molecule has 0 amide bonds. The molecule has 4 rings (SSSR count). The second-order valence-corrected chi connectivity index (χ2v) is 7.26. The first-order valence-electron chi connectivity index (χ1n) is 8.99. The van der Waals surface area contributed by atoms with E-state index in [9.17, 15) is 14.0 Å². The Hall–Kier alpha value is -3.11. The summed E-state index contributed by atoms with van der Waals surface area (Å²) >= 11 is 1.30. The van der Waals surface area contributed by atoms with Crippen molar-refractivity contribution >= 4 is 34.2 Å². The molecule has 10 heteroatoms. The summed E-state index contributed by atoms with van der Waals surface area (Å²) in [6, 6.07) is 1.12. The van der Waals surface area contributed by atoms with Gasteiger partial charge in [0.15, 0.2) is 22.4 Å². The molecule has 0 spiro atoms. The molecular formula is C19H18FN5O3S. The minimum Gasteiger partial charge on any atom is -0.462 e. The van der Waals surface area contributed by atoms with Crippen molar-refractivity contribution < 1.29 is 13.9 Å². The molecule has 1 aliphatic rings. The summed E-state index contributed by atoms with van der Waals surface area (Å²) in [7, 11) is 0. The van der Waals surface area contributed by atoms with Crippen LogP contribution in [0.4, 0.5) is 10.2 Å². The Morgan fingerprint density at radius 3 is 2.93 bits per heavy atom. The highest BCUT2D eigenvalue weighted by Gasteiger charge is 2.24. The van der Waals surface area contributed by atoms with Gasteiger partial charge in [0, 0.05) is 37.4 Å². The average Bonchev–Trinajstić information content (AvgIpc) is 3.40. The molecule has 2 N–H and O–H groups in total. The van der Waals surface area contributed by atoms with E-state index in [0.29, 0.717) is 24.8 Å². The Kier molecular flexibility index (Phi) is 5.12. The van der Waals surface area contributed by atoms with Crippen LogP contribution in [-0.2, 0) is 4.74 Å². The third kappa shape index (κ3) is 3.40. The standard InChI is InChI=1S/C19H18FN5O3S/c1-2-28-18(27)13-10-25(19-22-4-6-29-19)16-12(15(13)26)7-14(20)17(23-16)24-5-3-11(8-21)9-24/h3-4,6-7,10H,2,5,8-9,21H2,1H3. The molecular weight excluding hydrogens is 397 g/mol. The van der Waals surface area contributed by atoms with Crippen LogP contribution in [0.1, 0.15) is 17.3 Å². The number of carbonyl (C=O) groups excluding carboxylic acids is 1. The SMILES string of the molecule is CCOC(=O)c1cn(-c2nccs2)c2nc(N3CC=C(CN)C3)c(F)cc2c1=O. The van der Waals surface area contributed by atoms with Gasteiger partial charge in [0.05, 0.1) is 12.0 Å². The first-order valence-corrected chi connectivity index (χ1v) is 9.87. The molecule has 0 aliphatic carbocycles. The van der Waals surface area contributed by atoms with Crippen LogP contribution in [0.5, 0.6) is 0 Å². The highest BCUT2D eigenvalue weighted by molar-refractivity contribution is 7.12. The molecule has 3 aromatic heterocycles. The second-order valence-electron chi connectivity index (χ2n) is 6.39. The molecule has 150 valence electrons. The summed E-state index contributed by atoms with van der Waals surface area (Å²) in [5.74, 6) is -1.30. The average molecular weight is 415 g/mol. The molecule has 0 saturated carbocycles. The van der Waals surface area contributed by atoms with Gasteiger partial charge in [0.25, 0.3) is 0 Å². The van der Waals surface area contributed by atoms with E-state index in [1.54, 1.807) is 23.4 Å². The van der Waals surface area contributed by atoms with Gasteiger partial charge in [0.2, 0.25) is 5.43 Å². The summed E-state index contributed by atoms with van der Waals surface area (Å²) in [5, 5.41) is 2.23. The van der Waals surface area contributed by atoms with Gasteiger partial charge in [-0.05, 0) is 18.6 Å². The molecule has 0 saturated heterocycles. The Labute approximate surface area is 169 Å². The maximum absolute atomic E-state index is 14.9. The minimum atomic E-state index is -0.773. The van der Waals surface area contributed by atoms with Crippen molar-refractivity contribution in [3.05, 3.63) is 57.1 Å². The van der Waals surface area contributed by atoms with E-state index >= 15 is 0 Å². The van der Waals surface area contributed by atoms with E-state index in [1.165, 1.54) is 22.1 Å². The van der Waals surface area contributed by atoms with Crippen LogP contribution < -0.4 is 16.1 Å². The number of esters is 1. The number of nitrogens with two attached hydrogens (primary N) is 1. The van der Waals surface area contributed by atoms with Gasteiger partial charge in [-0.2, -0.15) is 0 Å². The number of fused-ring (bicyclic) bond motifs is 1. The maximum Gasteiger partial charge on any atom is 0.343 e. The van der Waals surface area contributed by atoms with E-state index in [1.807, 2.05) is 6.08 Å². The van der Waals surface area contributed by atoms with Crippen molar-refractivity contribution in [1.29, 1.82) is 0 Å². The highest BCUT2D eigenvalue weighted by atomic mass is 32.1. The van der Waals surface area contributed by atoms with E-state index in [4.69, 9.17) is 10.5 Å². The van der Waals surface area contributed by atoms with Gasteiger partial charge >= 0.3 is 5.97 Å². The topological polar surface area (TPSA) is 103 Å². The zero-order chi connectivity index (χ0) is 20.5. The molecule has 4 heterocycles. The first-order chi connectivity index (χ1) is 14.0. The van der Waals surface area contributed by atoms with E-state index in [2.05, 4.69) is 9.97 Å². The smallest absolute Gasteiger partial charge is 0.343 e. The normalized spacial score (nSPS) is 13.8. The van der Waals surface area contributed by atoms with Crippen molar-refractivity contribution in [2.45, 2.75) is 6.92 Å². The summed E-state index contributed by atoms with van der Waals surface area (Å²) in [4.78, 5) is 35.6. The lowest BCUT2D eigenvalue weighted by Crippen LogP contribution is -2.25. The summed E-state index contributed by atoms with van der Waals surface area (Å²) in [5.41, 5.74) is 6.05. The molecule has 0 bridgehead atoms. The molecule has 0 atom stereocenters. The van der Waals surface area contributed by atoms with E-state index in [0.717, 1.165) is 11.6 Å².